The Morgan fingerprint density at radius 3 is 2.64 bits per heavy atom. The Bertz CT molecular complexity index is 525. The molecule has 2 atom stereocenters. The van der Waals surface area contributed by atoms with Crippen LogP contribution in [0.4, 0.5) is 11.5 Å². The van der Waals surface area contributed by atoms with E-state index in [4.69, 9.17) is 4.98 Å². The lowest BCUT2D eigenvalue weighted by molar-refractivity contribution is 0.446. The fourth-order valence-corrected chi connectivity index (χ4v) is 3.87. The molecule has 0 spiro atoms. The highest BCUT2D eigenvalue weighted by atomic mass is 15.2. The van der Waals surface area contributed by atoms with Crippen molar-refractivity contribution in [2.75, 3.05) is 36.0 Å². The highest BCUT2D eigenvalue weighted by molar-refractivity contribution is 5.56. The van der Waals surface area contributed by atoms with Gasteiger partial charge in [0, 0.05) is 26.2 Å². The Hall–Kier alpha value is -1.51. The Morgan fingerprint density at radius 1 is 1.14 bits per heavy atom. The van der Waals surface area contributed by atoms with Gasteiger partial charge in [-0.05, 0) is 56.6 Å². The van der Waals surface area contributed by atoms with E-state index in [1.807, 2.05) is 0 Å². The van der Waals surface area contributed by atoms with Crippen molar-refractivity contribution < 1.29 is 0 Å². The zero-order chi connectivity index (χ0) is 15.5. The molecule has 1 aromatic heterocycles. The lowest BCUT2D eigenvalue weighted by Gasteiger charge is -2.35. The van der Waals surface area contributed by atoms with Crippen LogP contribution < -0.4 is 9.80 Å². The summed E-state index contributed by atoms with van der Waals surface area (Å²) in [7, 11) is 0. The number of hydrogen-bond donors (Lipinski definition) is 0. The maximum atomic E-state index is 4.92. The maximum Gasteiger partial charge on any atom is 0.128 e. The molecular formula is C19H29N3. The molecule has 0 amide bonds. The predicted molar refractivity (Wildman–Crippen MR) is 94.7 cm³/mol. The smallest absolute Gasteiger partial charge is 0.128 e. The first-order valence-electron chi connectivity index (χ1n) is 8.77. The summed E-state index contributed by atoms with van der Waals surface area (Å²) in [6, 6.07) is 4.50. The van der Waals surface area contributed by atoms with E-state index in [9.17, 15) is 0 Å². The summed E-state index contributed by atoms with van der Waals surface area (Å²) in [6.45, 7) is 13.0. The minimum absolute atomic E-state index is 0.610. The molecule has 1 aromatic rings. The highest BCUT2D eigenvalue weighted by Gasteiger charge is 2.21. The summed E-state index contributed by atoms with van der Waals surface area (Å²) >= 11 is 0. The van der Waals surface area contributed by atoms with Crippen LogP contribution in [-0.2, 0) is 0 Å². The number of nitrogens with zero attached hydrogens (tertiary/aromatic N) is 3. The summed E-state index contributed by atoms with van der Waals surface area (Å²) in [6.07, 6.45) is 7.27. The molecule has 3 heterocycles. The molecule has 22 heavy (non-hydrogen) atoms. The van der Waals surface area contributed by atoms with Crippen LogP contribution in [0.3, 0.4) is 0 Å². The number of rotatable bonds is 3. The molecule has 0 N–H and O–H groups in total. The second-order valence-electron chi connectivity index (χ2n) is 7.05. The lowest BCUT2D eigenvalue weighted by Crippen LogP contribution is -2.36. The highest BCUT2D eigenvalue weighted by Crippen LogP contribution is 2.28. The third kappa shape index (κ3) is 3.29. The number of anilines is 2. The summed E-state index contributed by atoms with van der Waals surface area (Å²) in [5.74, 6) is 2.54. The molecule has 2 fully saturated rings. The van der Waals surface area contributed by atoms with E-state index >= 15 is 0 Å². The average molecular weight is 299 g/mol. The van der Waals surface area contributed by atoms with Gasteiger partial charge in [0.05, 0.1) is 11.4 Å². The predicted octanol–water partition coefficient (Wildman–Crippen LogP) is 4.03. The van der Waals surface area contributed by atoms with E-state index in [1.165, 1.54) is 50.2 Å². The van der Waals surface area contributed by atoms with Crippen molar-refractivity contribution in [2.24, 2.45) is 11.8 Å². The largest absolute Gasteiger partial charge is 0.370 e. The molecule has 2 aliphatic heterocycles. The average Bonchev–Trinajstić information content (AvgIpc) is 2.55. The van der Waals surface area contributed by atoms with Gasteiger partial charge in [0.1, 0.15) is 5.82 Å². The van der Waals surface area contributed by atoms with Gasteiger partial charge >= 0.3 is 0 Å². The molecule has 0 radical (unpaired) electrons. The quantitative estimate of drug-likeness (QED) is 0.786. The van der Waals surface area contributed by atoms with E-state index in [1.54, 1.807) is 0 Å². The van der Waals surface area contributed by atoms with Crippen molar-refractivity contribution in [3.05, 3.63) is 30.5 Å². The van der Waals surface area contributed by atoms with Gasteiger partial charge in [0.15, 0.2) is 0 Å². The molecule has 120 valence electrons. The second-order valence-corrected chi connectivity index (χ2v) is 7.05. The van der Waals surface area contributed by atoms with Crippen molar-refractivity contribution in [1.82, 2.24) is 4.98 Å². The van der Waals surface area contributed by atoms with Crippen LogP contribution in [0, 0.1) is 18.8 Å². The van der Waals surface area contributed by atoms with Crippen molar-refractivity contribution in [3.8, 4) is 0 Å². The van der Waals surface area contributed by atoms with Gasteiger partial charge < -0.3 is 9.80 Å². The first-order valence-corrected chi connectivity index (χ1v) is 8.77. The molecule has 0 bridgehead atoms. The van der Waals surface area contributed by atoms with Crippen LogP contribution in [0.1, 0.15) is 38.3 Å². The van der Waals surface area contributed by atoms with E-state index in [-0.39, 0.29) is 0 Å². The minimum Gasteiger partial charge on any atom is -0.370 e. The van der Waals surface area contributed by atoms with E-state index < -0.39 is 0 Å². The number of pyridine rings is 1. The molecule has 0 aromatic carbocycles. The Kier molecular flexibility index (Phi) is 4.70. The first kappa shape index (κ1) is 15.4. The third-order valence-electron chi connectivity index (χ3n) is 5.16. The van der Waals surface area contributed by atoms with Crippen molar-refractivity contribution in [2.45, 2.75) is 39.5 Å². The van der Waals surface area contributed by atoms with Gasteiger partial charge in [0.25, 0.3) is 0 Å². The number of hydrogen-bond acceptors (Lipinski definition) is 3. The SMILES string of the molecule is C=CC1CCCN(c2ccc(N3CCC[C@@H](C)C3)c(C)n2)C1. The molecule has 2 aliphatic rings. The van der Waals surface area contributed by atoms with Crippen LogP contribution in [0.15, 0.2) is 24.8 Å². The molecule has 3 heteroatoms. The van der Waals surface area contributed by atoms with Gasteiger partial charge in [-0.25, -0.2) is 4.98 Å². The van der Waals surface area contributed by atoms with Gasteiger partial charge in [-0.1, -0.05) is 13.0 Å². The first-order chi connectivity index (χ1) is 10.7. The number of aryl methyl sites for hydroxylation is 1. The van der Waals surface area contributed by atoms with Crippen LogP contribution in [-0.4, -0.2) is 31.2 Å². The number of piperidine rings is 2. The monoisotopic (exact) mass is 299 g/mol. The summed E-state index contributed by atoms with van der Waals surface area (Å²) in [5, 5.41) is 0. The number of aromatic nitrogens is 1. The van der Waals surface area contributed by atoms with Gasteiger partial charge in [-0.15, -0.1) is 6.58 Å². The van der Waals surface area contributed by atoms with Crippen molar-refractivity contribution >= 4 is 11.5 Å². The lowest BCUT2D eigenvalue weighted by atomic mass is 9.98. The van der Waals surface area contributed by atoms with Crippen molar-refractivity contribution in [1.29, 1.82) is 0 Å². The molecule has 3 nitrogen and oxygen atoms in total. The molecule has 2 saturated heterocycles. The van der Waals surface area contributed by atoms with Crippen LogP contribution in [0.5, 0.6) is 0 Å². The summed E-state index contributed by atoms with van der Waals surface area (Å²) in [4.78, 5) is 9.85. The molecule has 0 saturated carbocycles. The molecule has 0 aliphatic carbocycles. The fourth-order valence-electron chi connectivity index (χ4n) is 3.87. The fraction of sp³-hybridized carbons (Fsp3) is 0.632. The Morgan fingerprint density at radius 2 is 1.91 bits per heavy atom. The van der Waals surface area contributed by atoms with Gasteiger partial charge in [-0.2, -0.15) is 0 Å². The topological polar surface area (TPSA) is 19.4 Å². The van der Waals surface area contributed by atoms with Crippen LogP contribution in [0.25, 0.3) is 0 Å². The zero-order valence-electron chi connectivity index (χ0n) is 14.1. The van der Waals surface area contributed by atoms with Gasteiger partial charge in [0.2, 0.25) is 0 Å². The van der Waals surface area contributed by atoms with E-state index in [0.717, 1.165) is 24.8 Å². The standard InChI is InChI=1S/C19H29N3/c1-4-17-8-6-12-22(14-17)19-10-9-18(16(3)20-19)21-11-5-7-15(2)13-21/h4,9-10,15,17H,1,5-8,11-14H2,2-3H3/t15-,17?/m1/s1. The molecular weight excluding hydrogens is 270 g/mol. The van der Waals surface area contributed by atoms with Crippen LogP contribution in [0.2, 0.25) is 0 Å². The van der Waals surface area contributed by atoms with Crippen molar-refractivity contribution in [3.63, 3.8) is 0 Å². The zero-order valence-corrected chi connectivity index (χ0v) is 14.1. The van der Waals surface area contributed by atoms with Crippen LogP contribution >= 0.6 is 0 Å². The Balaban J connectivity index is 1.75. The normalized spacial score (nSPS) is 26.1. The second kappa shape index (κ2) is 6.72. The molecule has 3 rings (SSSR count). The molecule has 1 unspecified atom stereocenters. The minimum atomic E-state index is 0.610. The third-order valence-corrected chi connectivity index (χ3v) is 5.16. The Labute approximate surface area is 135 Å². The van der Waals surface area contributed by atoms with E-state index in [2.05, 4.69) is 48.4 Å². The summed E-state index contributed by atoms with van der Waals surface area (Å²) in [5.41, 5.74) is 2.50. The van der Waals surface area contributed by atoms with E-state index in [0.29, 0.717) is 5.92 Å². The maximum absolute atomic E-state index is 4.92. The van der Waals surface area contributed by atoms with Gasteiger partial charge in [-0.3, -0.25) is 0 Å². The summed E-state index contributed by atoms with van der Waals surface area (Å²) < 4.78 is 0.